The van der Waals surface area contributed by atoms with Crippen molar-refractivity contribution >= 4 is 5.95 Å². The summed E-state index contributed by atoms with van der Waals surface area (Å²) in [7, 11) is 0. The molecule has 0 saturated heterocycles. The second-order valence-corrected chi connectivity index (χ2v) is 4.41. The van der Waals surface area contributed by atoms with Crippen molar-refractivity contribution < 1.29 is 0 Å². The fraction of sp³-hybridized carbons (Fsp3) is 0.231. The van der Waals surface area contributed by atoms with Gasteiger partial charge in [0.1, 0.15) is 0 Å². The first-order valence-electron chi connectivity index (χ1n) is 5.66. The van der Waals surface area contributed by atoms with Crippen LogP contribution in [0.5, 0.6) is 0 Å². The lowest BCUT2D eigenvalue weighted by molar-refractivity contribution is 0.942. The van der Waals surface area contributed by atoms with Crippen molar-refractivity contribution in [1.29, 1.82) is 0 Å². The Kier molecular flexibility index (Phi) is 2.21. The topological polar surface area (TPSA) is 71.8 Å². The summed E-state index contributed by atoms with van der Waals surface area (Å²) in [6, 6.07) is 11.8. The summed E-state index contributed by atoms with van der Waals surface area (Å²) in [5.74, 6) is 1.01. The van der Waals surface area contributed by atoms with E-state index in [-0.39, 0.29) is 11.5 Å². The summed E-state index contributed by atoms with van der Waals surface area (Å²) >= 11 is 0. The van der Waals surface area contributed by atoms with Gasteiger partial charge in [0.2, 0.25) is 5.95 Å². The summed E-state index contributed by atoms with van der Waals surface area (Å²) in [6.45, 7) is 0. The Morgan fingerprint density at radius 3 is 2.71 bits per heavy atom. The second-order valence-electron chi connectivity index (χ2n) is 4.41. The molecule has 1 aromatic heterocycles. The molecular weight excluding hydrogens is 214 g/mol. The van der Waals surface area contributed by atoms with Gasteiger partial charge in [0, 0.05) is 12.0 Å². The van der Waals surface area contributed by atoms with E-state index in [4.69, 9.17) is 5.73 Å². The maximum absolute atomic E-state index is 11.3. The number of aromatic amines is 1. The molecule has 17 heavy (non-hydrogen) atoms. The molecule has 4 nitrogen and oxygen atoms in total. The third-order valence-corrected chi connectivity index (χ3v) is 3.18. The SMILES string of the molecule is Nc1nc([C@@H]2C[C@H]2c2ccccc2)cc(=O)[nH]1. The zero-order chi connectivity index (χ0) is 11.8. The van der Waals surface area contributed by atoms with Crippen LogP contribution < -0.4 is 11.3 Å². The van der Waals surface area contributed by atoms with Crippen molar-refractivity contribution in [2.24, 2.45) is 0 Å². The molecule has 2 atom stereocenters. The molecule has 1 fully saturated rings. The van der Waals surface area contributed by atoms with E-state index >= 15 is 0 Å². The van der Waals surface area contributed by atoms with Crippen LogP contribution in [0.1, 0.15) is 29.5 Å². The molecule has 1 saturated carbocycles. The third kappa shape index (κ3) is 1.93. The normalized spacial score (nSPS) is 22.4. The minimum atomic E-state index is -0.175. The molecule has 3 rings (SSSR count). The van der Waals surface area contributed by atoms with Crippen LogP contribution in [0.4, 0.5) is 5.95 Å². The quantitative estimate of drug-likeness (QED) is 0.819. The maximum atomic E-state index is 11.3. The van der Waals surface area contributed by atoms with Crippen LogP contribution in [-0.4, -0.2) is 9.97 Å². The smallest absolute Gasteiger partial charge is 0.252 e. The fourth-order valence-corrected chi connectivity index (χ4v) is 2.28. The van der Waals surface area contributed by atoms with Crippen LogP contribution in [0, 0.1) is 0 Å². The molecule has 1 aromatic carbocycles. The summed E-state index contributed by atoms with van der Waals surface area (Å²) < 4.78 is 0. The van der Waals surface area contributed by atoms with Gasteiger partial charge in [-0.1, -0.05) is 30.3 Å². The third-order valence-electron chi connectivity index (χ3n) is 3.18. The number of nitrogens with one attached hydrogen (secondary N) is 1. The van der Waals surface area contributed by atoms with Gasteiger partial charge >= 0.3 is 0 Å². The number of nitrogens with zero attached hydrogens (tertiary/aromatic N) is 1. The van der Waals surface area contributed by atoms with E-state index in [1.165, 1.54) is 5.56 Å². The predicted molar refractivity (Wildman–Crippen MR) is 65.8 cm³/mol. The Morgan fingerprint density at radius 1 is 1.24 bits per heavy atom. The summed E-state index contributed by atoms with van der Waals surface area (Å²) in [6.07, 6.45) is 1.04. The van der Waals surface area contributed by atoms with E-state index in [1.807, 2.05) is 18.2 Å². The maximum Gasteiger partial charge on any atom is 0.252 e. The lowest BCUT2D eigenvalue weighted by Gasteiger charge is -2.01. The molecule has 1 heterocycles. The standard InChI is InChI=1S/C13H13N3O/c14-13-15-11(7-12(17)16-13)10-6-9(10)8-4-2-1-3-5-8/h1-5,7,9-10H,6H2,(H3,14,15,16,17)/t9-,10+/m0/s1. The van der Waals surface area contributed by atoms with Gasteiger partial charge in [-0.2, -0.15) is 0 Å². The van der Waals surface area contributed by atoms with Crippen LogP contribution in [-0.2, 0) is 0 Å². The molecule has 0 spiro atoms. The molecule has 1 aliphatic rings. The largest absolute Gasteiger partial charge is 0.369 e. The molecule has 0 unspecified atom stereocenters. The number of anilines is 1. The lowest BCUT2D eigenvalue weighted by atomic mass is 10.1. The number of nitrogen functional groups attached to an aromatic ring is 1. The van der Waals surface area contributed by atoms with Crippen LogP contribution in [0.15, 0.2) is 41.2 Å². The Hall–Kier alpha value is -2.10. The highest BCUT2D eigenvalue weighted by Crippen LogP contribution is 2.53. The van der Waals surface area contributed by atoms with Gasteiger partial charge in [0.15, 0.2) is 0 Å². The molecule has 3 N–H and O–H groups in total. The predicted octanol–water partition coefficient (Wildman–Crippen LogP) is 1.62. The van der Waals surface area contributed by atoms with E-state index in [1.54, 1.807) is 6.07 Å². The Bertz CT molecular complexity index is 591. The lowest BCUT2D eigenvalue weighted by Crippen LogP contribution is -2.11. The summed E-state index contributed by atoms with van der Waals surface area (Å²) in [4.78, 5) is 18.0. The average Bonchev–Trinajstić information content (AvgIpc) is 3.09. The number of benzene rings is 1. The average molecular weight is 227 g/mol. The molecule has 0 aliphatic heterocycles. The van der Waals surface area contributed by atoms with Crippen LogP contribution >= 0.6 is 0 Å². The van der Waals surface area contributed by atoms with Crippen molar-refractivity contribution in [2.75, 3.05) is 5.73 Å². The zero-order valence-corrected chi connectivity index (χ0v) is 9.26. The number of H-pyrrole nitrogens is 1. The Labute approximate surface area is 98.5 Å². The first-order valence-corrected chi connectivity index (χ1v) is 5.66. The first-order chi connectivity index (χ1) is 8.24. The van der Waals surface area contributed by atoms with Crippen LogP contribution in [0.2, 0.25) is 0 Å². The van der Waals surface area contributed by atoms with E-state index in [0.717, 1.165) is 12.1 Å². The number of aromatic nitrogens is 2. The van der Waals surface area contributed by atoms with Crippen molar-refractivity contribution in [3.63, 3.8) is 0 Å². The second kappa shape index (κ2) is 3.73. The highest BCUT2D eigenvalue weighted by molar-refractivity contribution is 5.34. The van der Waals surface area contributed by atoms with Crippen LogP contribution in [0.25, 0.3) is 0 Å². The van der Waals surface area contributed by atoms with Crippen molar-refractivity contribution in [1.82, 2.24) is 9.97 Å². The van der Waals surface area contributed by atoms with Gasteiger partial charge in [0.25, 0.3) is 5.56 Å². The molecule has 0 amide bonds. The van der Waals surface area contributed by atoms with Crippen molar-refractivity contribution in [3.05, 3.63) is 58.0 Å². The first kappa shape index (κ1) is 10.1. The van der Waals surface area contributed by atoms with Crippen LogP contribution in [0.3, 0.4) is 0 Å². The molecule has 4 heteroatoms. The molecule has 2 aromatic rings. The highest BCUT2D eigenvalue weighted by atomic mass is 16.1. The van der Waals surface area contributed by atoms with Gasteiger partial charge in [-0.3, -0.25) is 9.78 Å². The molecule has 1 aliphatic carbocycles. The van der Waals surface area contributed by atoms with E-state index < -0.39 is 0 Å². The monoisotopic (exact) mass is 227 g/mol. The van der Waals surface area contributed by atoms with Crippen molar-refractivity contribution in [2.45, 2.75) is 18.3 Å². The van der Waals surface area contributed by atoms with E-state index in [9.17, 15) is 4.79 Å². The van der Waals surface area contributed by atoms with Gasteiger partial charge in [0.05, 0.1) is 5.69 Å². The van der Waals surface area contributed by atoms with Gasteiger partial charge in [-0.25, -0.2) is 4.98 Å². The van der Waals surface area contributed by atoms with Crippen molar-refractivity contribution in [3.8, 4) is 0 Å². The molecular formula is C13H13N3O. The summed E-state index contributed by atoms with van der Waals surface area (Å²) in [5.41, 5.74) is 7.48. The molecule has 0 radical (unpaired) electrons. The van der Waals surface area contributed by atoms with E-state index in [2.05, 4.69) is 22.1 Å². The van der Waals surface area contributed by atoms with Gasteiger partial charge in [-0.05, 0) is 17.9 Å². The number of nitrogens with two attached hydrogens (primary N) is 1. The Balaban J connectivity index is 1.87. The van der Waals surface area contributed by atoms with E-state index in [0.29, 0.717) is 11.8 Å². The fourth-order valence-electron chi connectivity index (χ4n) is 2.28. The number of hydrogen-bond donors (Lipinski definition) is 2. The zero-order valence-electron chi connectivity index (χ0n) is 9.26. The Morgan fingerprint density at radius 2 is 2.00 bits per heavy atom. The summed E-state index contributed by atoms with van der Waals surface area (Å²) in [5, 5.41) is 0. The molecule has 0 bridgehead atoms. The molecule has 86 valence electrons. The number of rotatable bonds is 2. The highest BCUT2D eigenvalue weighted by Gasteiger charge is 2.40. The van der Waals surface area contributed by atoms with Gasteiger partial charge in [-0.15, -0.1) is 0 Å². The number of hydrogen-bond acceptors (Lipinski definition) is 3. The van der Waals surface area contributed by atoms with Gasteiger partial charge < -0.3 is 5.73 Å². The minimum absolute atomic E-state index is 0.175. The minimum Gasteiger partial charge on any atom is -0.369 e.